The molecule has 156 valence electrons. The molecule has 4 rings (SSSR count). The monoisotopic (exact) mass is 399 g/mol. The van der Waals surface area contributed by atoms with Crippen LogP contribution in [0, 0.1) is 0 Å². The van der Waals surface area contributed by atoms with Crippen LogP contribution in [0.25, 0.3) is 11.4 Å². The second-order valence-corrected chi connectivity index (χ2v) is 8.27. The van der Waals surface area contributed by atoms with Gasteiger partial charge in [-0.1, -0.05) is 0 Å². The second kappa shape index (κ2) is 8.08. The van der Waals surface area contributed by atoms with Crippen molar-refractivity contribution in [3.05, 3.63) is 24.8 Å². The molecule has 2 aromatic rings. The van der Waals surface area contributed by atoms with Gasteiger partial charge >= 0.3 is 0 Å². The zero-order chi connectivity index (χ0) is 20.5. The summed E-state index contributed by atoms with van der Waals surface area (Å²) < 4.78 is 8.22. The number of hydrogen-bond acceptors (Lipinski definition) is 7. The smallest absolute Gasteiger partial charge is 0.224 e. The number of carbonyl (C=O) groups excluding carboxylic acids is 1. The summed E-state index contributed by atoms with van der Waals surface area (Å²) in [4.78, 5) is 31.4. The molecule has 0 N–H and O–H groups in total. The molecule has 0 radical (unpaired) electrons. The minimum atomic E-state index is -0.0332. The quantitative estimate of drug-likeness (QED) is 0.739. The largest absolute Gasteiger partial charge is 0.375 e. The maximum atomic E-state index is 12.0. The van der Waals surface area contributed by atoms with Gasteiger partial charge in [0.25, 0.3) is 0 Å². The Morgan fingerprint density at radius 2 is 1.90 bits per heavy atom. The van der Waals surface area contributed by atoms with E-state index < -0.39 is 0 Å². The lowest BCUT2D eigenvalue weighted by Crippen LogP contribution is -2.47. The molecule has 9 nitrogen and oxygen atoms in total. The maximum absolute atomic E-state index is 12.0. The summed E-state index contributed by atoms with van der Waals surface area (Å²) in [6.45, 7) is 2.40. The van der Waals surface area contributed by atoms with E-state index in [0.29, 0.717) is 31.1 Å². The first kappa shape index (κ1) is 19.8. The minimum Gasteiger partial charge on any atom is -0.375 e. The van der Waals surface area contributed by atoms with Crippen molar-refractivity contribution in [2.75, 3.05) is 52.8 Å². The van der Waals surface area contributed by atoms with E-state index in [1.807, 2.05) is 43.8 Å². The highest BCUT2D eigenvalue weighted by atomic mass is 16.5. The van der Waals surface area contributed by atoms with Crippen LogP contribution in [0.4, 0.5) is 5.95 Å². The molecule has 4 heterocycles. The summed E-state index contributed by atoms with van der Waals surface area (Å²) in [5.74, 6) is 1.68. The molecule has 2 aliphatic heterocycles. The van der Waals surface area contributed by atoms with Crippen molar-refractivity contribution in [1.82, 2.24) is 29.3 Å². The van der Waals surface area contributed by atoms with Crippen molar-refractivity contribution in [1.29, 1.82) is 0 Å². The summed E-state index contributed by atoms with van der Waals surface area (Å²) in [5, 5.41) is 0. The summed E-state index contributed by atoms with van der Waals surface area (Å²) >= 11 is 0. The number of imidazole rings is 1. The van der Waals surface area contributed by atoms with Crippen LogP contribution < -0.4 is 4.90 Å². The van der Waals surface area contributed by atoms with E-state index in [1.54, 1.807) is 19.0 Å². The highest BCUT2D eigenvalue weighted by molar-refractivity contribution is 5.76. The van der Waals surface area contributed by atoms with Crippen LogP contribution in [0.5, 0.6) is 0 Å². The van der Waals surface area contributed by atoms with Crippen molar-refractivity contribution >= 4 is 11.9 Å². The Hall–Kier alpha value is -2.52. The number of rotatable bonds is 5. The van der Waals surface area contributed by atoms with Crippen molar-refractivity contribution in [2.24, 2.45) is 0 Å². The average Bonchev–Trinajstić information content (AvgIpc) is 3.34. The first-order chi connectivity index (χ1) is 13.9. The lowest BCUT2D eigenvalue weighted by molar-refractivity contribution is -0.134. The number of hydrogen-bond donors (Lipinski definition) is 0. The maximum Gasteiger partial charge on any atom is 0.224 e. The molecular formula is C20H29N7O2. The summed E-state index contributed by atoms with van der Waals surface area (Å²) in [6, 6.07) is 0.700. The van der Waals surface area contributed by atoms with Crippen molar-refractivity contribution < 1.29 is 9.53 Å². The third kappa shape index (κ3) is 4.11. The van der Waals surface area contributed by atoms with E-state index in [2.05, 4.69) is 24.4 Å². The predicted octanol–water partition coefficient (Wildman–Crippen LogP) is 0.899. The molecule has 9 heteroatoms. The van der Waals surface area contributed by atoms with Crippen LogP contribution >= 0.6 is 0 Å². The molecule has 0 aromatic carbocycles. The van der Waals surface area contributed by atoms with E-state index in [9.17, 15) is 4.79 Å². The number of carbonyl (C=O) groups is 1. The van der Waals surface area contributed by atoms with E-state index in [1.165, 1.54) is 0 Å². The second-order valence-electron chi connectivity index (χ2n) is 8.27. The van der Waals surface area contributed by atoms with Crippen molar-refractivity contribution in [2.45, 2.75) is 31.0 Å². The van der Waals surface area contributed by atoms with Crippen molar-refractivity contribution in [3.8, 4) is 11.4 Å². The van der Waals surface area contributed by atoms with Crippen LogP contribution in [0.2, 0.25) is 0 Å². The fraction of sp³-hybridized carbons (Fsp3) is 0.600. The Kier molecular flexibility index (Phi) is 5.51. The Labute approximate surface area is 171 Å². The van der Waals surface area contributed by atoms with E-state index in [0.717, 1.165) is 30.9 Å². The average molecular weight is 399 g/mol. The number of morpholine rings is 1. The van der Waals surface area contributed by atoms with Crippen LogP contribution in [0.15, 0.2) is 24.8 Å². The lowest BCUT2D eigenvalue weighted by atomic mass is 10.1. The van der Waals surface area contributed by atoms with Gasteiger partial charge in [0.05, 0.1) is 24.7 Å². The summed E-state index contributed by atoms with van der Waals surface area (Å²) in [5.41, 5.74) is 0.913. The fourth-order valence-electron chi connectivity index (χ4n) is 4.12. The topological polar surface area (TPSA) is 79.6 Å². The fourth-order valence-corrected chi connectivity index (χ4v) is 4.12. The molecule has 0 aliphatic carbocycles. The highest BCUT2D eigenvalue weighted by Crippen LogP contribution is 2.33. The van der Waals surface area contributed by atoms with Gasteiger partial charge in [0.15, 0.2) is 0 Å². The minimum absolute atomic E-state index is 0.0332. The third-order valence-corrected chi connectivity index (χ3v) is 5.73. The number of amides is 1. The Morgan fingerprint density at radius 3 is 2.59 bits per heavy atom. The van der Waals surface area contributed by atoms with Crippen molar-refractivity contribution in [3.63, 3.8) is 0 Å². The van der Waals surface area contributed by atoms with Crippen LogP contribution in [-0.4, -0.2) is 95.3 Å². The van der Waals surface area contributed by atoms with Gasteiger partial charge in [0.1, 0.15) is 5.82 Å². The van der Waals surface area contributed by atoms with Crippen LogP contribution in [0.1, 0.15) is 18.9 Å². The molecule has 1 amide bonds. The Bertz CT molecular complexity index is 849. The molecule has 2 aliphatic rings. The molecule has 3 atom stereocenters. The van der Waals surface area contributed by atoms with E-state index >= 15 is 0 Å². The first-order valence-corrected chi connectivity index (χ1v) is 10.0. The van der Waals surface area contributed by atoms with E-state index in [4.69, 9.17) is 4.74 Å². The molecule has 29 heavy (non-hydrogen) atoms. The van der Waals surface area contributed by atoms with E-state index in [-0.39, 0.29) is 12.0 Å². The Morgan fingerprint density at radius 1 is 1.14 bits per heavy atom. The SMILES string of the molecule is CN(C)C(=O)C[C@H]1CN2C[C@H](n3ccnc3-c3cnc(N(C)C)nc3)C[C@H]2CO1. The van der Waals surface area contributed by atoms with Gasteiger partial charge in [0, 0.05) is 78.2 Å². The van der Waals surface area contributed by atoms with Gasteiger partial charge in [-0.25, -0.2) is 15.0 Å². The summed E-state index contributed by atoms with van der Waals surface area (Å²) in [6.07, 6.45) is 8.94. The molecular weight excluding hydrogens is 370 g/mol. The number of aromatic nitrogens is 4. The van der Waals surface area contributed by atoms with Crippen LogP contribution in [0.3, 0.4) is 0 Å². The zero-order valence-electron chi connectivity index (χ0n) is 17.5. The molecule has 0 unspecified atom stereocenters. The summed E-state index contributed by atoms with van der Waals surface area (Å²) in [7, 11) is 7.42. The highest BCUT2D eigenvalue weighted by Gasteiger charge is 2.39. The molecule has 2 fully saturated rings. The number of nitrogens with zero attached hydrogens (tertiary/aromatic N) is 7. The molecule has 0 saturated carbocycles. The standard InChI is InChI=1S/C20H29N7O2/c1-24(2)18(28)8-17-12-26-11-15(7-16(26)13-29-17)27-6-5-21-19(27)14-9-22-20(23-10-14)25(3)4/h5-6,9-10,15-17H,7-8,11-13H2,1-4H3/t15-,16+,17+/m1/s1. The number of fused-ring (bicyclic) bond motifs is 1. The van der Waals surface area contributed by atoms with Gasteiger partial charge in [-0.15, -0.1) is 0 Å². The predicted molar refractivity (Wildman–Crippen MR) is 110 cm³/mol. The van der Waals surface area contributed by atoms with Gasteiger partial charge in [0.2, 0.25) is 11.9 Å². The van der Waals surface area contributed by atoms with Gasteiger partial charge in [-0.2, -0.15) is 0 Å². The first-order valence-electron chi connectivity index (χ1n) is 10.0. The number of anilines is 1. The molecule has 0 spiro atoms. The van der Waals surface area contributed by atoms with Gasteiger partial charge in [-0.05, 0) is 6.42 Å². The van der Waals surface area contributed by atoms with Crippen LogP contribution in [-0.2, 0) is 9.53 Å². The Balaban J connectivity index is 1.45. The zero-order valence-corrected chi connectivity index (χ0v) is 17.5. The third-order valence-electron chi connectivity index (χ3n) is 5.73. The lowest BCUT2D eigenvalue weighted by Gasteiger charge is -2.35. The number of ether oxygens (including phenoxy) is 1. The van der Waals surface area contributed by atoms with Gasteiger partial charge < -0.3 is 19.1 Å². The molecule has 0 bridgehead atoms. The molecule has 2 aromatic heterocycles. The normalized spacial score (nSPS) is 24.3. The molecule has 2 saturated heterocycles. The van der Waals surface area contributed by atoms with Gasteiger partial charge in [-0.3, -0.25) is 9.69 Å².